The predicted octanol–water partition coefficient (Wildman–Crippen LogP) is 35.0. The van der Waals surface area contributed by atoms with Crippen LogP contribution in [0.5, 0.6) is 0 Å². The smallest absolute Gasteiger partial charge is 0.0541 e. The van der Waals surface area contributed by atoms with Crippen LogP contribution in [0.1, 0.15) is 11.1 Å². The maximum atomic E-state index is 2.45. The zero-order valence-electron chi connectivity index (χ0n) is 70.8. The number of aromatic nitrogens is 2. The van der Waals surface area contributed by atoms with Crippen molar-refractivity contribution >= 4 is 130 Å². The molecule has 0 fully saturated rings. The quantitative estimate of drug-likeness (QED) is 0.108. The first-order valence-corrected chi connectivity index (χ1v) is 44.5. The Labute approximate surface area is 742 Å². The summed E-state index contributed by atoms with van der Waals surface area (Å²) in [6.45, 7) is 4.30. The first kappa shape index (κ1) is 74.1. The second-order valence-electron chi connectivity index (χ2n) is 34.7. The van der Waals surface area contributed by atoms with E-state index in [0.717, 1.165) is 11.4 Å². The normalized spacial score (nSPS) is 11.8. The minimum atomic E-state index is 1.14. The van der Waals surface area contributed by atoms with E-state index in [1.54, 1.807) is 0 Å². The molecule has 0 aliphatic heterocycles. The molecular weight excluding hydrogens is 1540 g/mol. The van der Waals surface area contributed by atoms with Gasteiger partial charge in [0.15, 0.2) is 0 Å². The third-order valence-electron chi connectivity index (χ3n) is 27.3. The van der Waals surface area contributed by atoms with E-state index in [2.05, 4.69) is 484 Å². The van der Waals surface area contributed by atoms with Crippen molar-refractivity contribution < 1.29 is 0 Å². The Morgan fingerprint density at radius 1 is 0.133 bits per heavy atom. The van der Waals surface area contributed by atoms with Crippen LogP contribution in [-0.4, -0.2) is 9.13 Å². The molecule has 2 nitrogen and oxygen atoms in total. The van der Waals surface area contributed by atoms with Crippen molar-refractivity contribution in [3.8, 4) is 123 Å². The number of rotatable bonds is 12. The number of nitrogens with zero attached hydrogens (tertiary/aromatic N) is 2. The molecule has 0 N–H and O–H groups in total. The topological polar surface area (TPSA) is 9.86 Å². The lowest BCUT2D eigenvalue weighted by atomic mass is 9.87. The van der Waals surface area contributed by atoms with Gasteiger partial charge in [-0.3, -0.25) is 0 Å². The van der Waals surface area contributed by atoms with Crippen molar-refractivity contribution in [3.05, 3.63) is 472 Å². The SMILES string of the molecule is Cc1ccc(-c2ccc3ccc4c(-c5ccc(-n6c7ccc(-c8ccc(-c9ccccc9)cc8)cc7c7cc(-c8ccc(-c9ccccc9)cc8)ccc76)cc5)ccc5ccc2c3c54)cc1.Cc1ccc(-c2ccc3ccc4c(-c5ccc(-n6c7ccc(-c8cccc9ccccc89)cc7c7cc(-c8cccc9ccccc89)ccc76)cc5)ccc5ccc2c3c54)cc1. The highest BCUT2D eigenvalue weighted by Gasteiger charge is 2.23. The lowest BCUT2D eigenvalue weighted by molar-refractivity contribution is 1.18. The van der Waals surface area contributed by atoms with Gasteiger partial charge < -0.3 is 9.13 Å². The Morgan fingerprint density at radius 3 is 0.695 bits per heavy atom. The Kier molecular flexibility index (Phi) is 17.5. The van der Waals surface area contributed by atoms with Crippen LogP contribution in [0.15, 0.2) is 461 Å². The van der Waals surface area contributed by atoms with Gasteiger partial charge in [0.25, 0.3) is 0 Å². The van der Waals surface area contributed by atoms with Gasteiger partial charge in [0.05, 0.1) is 22.1 Å². The van der Waals surface area contributed by atoms with Crippen LogP contribution in [0.25, 0.3) is 252 Å². The Balaban J connectivity index is 0.000000139. The average Bonchev–Trinajstić information content (AvgIpc) is 0.998. The molecule has 0 atom stereocenters. The van der Waals surface area contributed by atoms with E-state index in [-0.39, 0.29) is 0 Å². The molecule has 26 aromatic rings. The minimum absolute atomic E-state index is 1.14. The standard InChI is InChI=1S/C65H43N.C61H39N/c1-42-12-14-49(15-13-42)56-34-26-51-29-37-59-57(35-27-52-28-36-58(56)64(51)65(52)59)50-24-32-55(33-25-50)66-62-38-30-53(47-20-16-45(17-21-47)43-8-4-2-5-9-43)40-60(62)61-41-54(31-39-63(61)66)48-22-18-46(19-23-48)44-10-6-3-7-11-44;1-38-16-18-41(19-17-38)52-30-22-43-25-33-55-53(31-23-44-24-32-54(52)60(43)61(44)55)42-20-28-47(29-21-42)62-58-34-26-45(50-14-6-10-39-8-2-4-12-48(39)50)36-56(58)57-37-46(27-35-59(57)62)51-15-7-11-40-9-3-5-13-49(40)51/h2-41H,1H3;2-37H,1H3. The largest absolute Gasteiger partial charge is 0.309 e. The van der Waals surface area contributed by atoms with Crippen LogP contribution in [0.3, 0.4) is 0 Å². The van der Waals surface area contributed by atoms with Crippen molar-refractivity contribution in [2.45, 2.75) is 13.8 Å². The molecule has 128 heavy (non-hydrogen) atoms. The molecule has 0 unspecified atom stereocenters. The van der Waals surface area contributed by atoms with E-state index in [1.807, 2.05) is 0 Å². The molecule has 0 amide bonds. The lowest BCUT2D eigenvalue weighted by Gasteiger charge is -2.17. The van der Waals surface area contributed by atoms with Crippen LogP contribution in [0.4, 0.5) is 0 Å². The zero-order chi connectivity index (χ0) is 84.6. The van der Waals surface area contributed by atoms with Crippen LogP contribution < -0.4 is 0 Å². The molecule has 2 heterocycles. The fourth-order valence-electron chi connectivity index (χ4n) is 20.9. The van der Waals surface area contributed by atoms with Crippen molar-refractivity contribution in [1.29, 1.82) is 0 Å². The summed E-state index contributed by atoms with van der Waals surface area (Å²) in [4.78, 5) is 0. The van der Waals surface area contributed by atoms with E-state index in [9.17, 15) is 0 Å². The van der Waals surface area contributed by atoms with Gasteiger partial charge in [-0.2, -0.15) is 0 Å². The summed E-state index contributed by atoms with van der Waals surface area (Å²) < 4.78 is 4.89. The molecular formula is C126H82N2. The van der Waals surface area contributed by atoms with Crippen LogP contribution in [0.2, 0.25) is 0 Å². The molecule has 0 aliphatic rings. The summed E-state index contributed by atoms with van der Waals surface area (Å²) in [7, 11) is 0. The minimum Gasteiger partial charge on any atom is -0.309 e. The van der Waals surface area contributed by atoms with Gasteiger partial charge in [-0.25, -0.2) is 0 Å². The van der Waals surface area contributed by atoms with Gasteiger partial charge in [0, 0.05) is 32.9 Å². The van der Waals surface area contributed by atoms with E-state index in [4.69, 9.17) is 0 Å². The van der Waals surface area contributed by atoms with Crippen molar-refractivity contribution in [1.82, 2.24) is 9.13 Å². The third kappa shape index (κ3) is 12.5. The summed E-state index contributed by atoms with van der Waals surface area (Å²) in [6, 6.07) is 171. The van der Waals surface area contributed by atoms with Gasteiger partial charge in [-0.1, -0.05) is 399 Å². The van der Waals surface area contributed by atoms with Crippen LogP contribution in [-0.2, 0) is 0 Å². The highest BCUT2D eigenvalue weighted by Crippen LogP contribution is 2.48. The van der Waals surface area contributed by atoms with E-state index < -0.39 is 0 Å². The highest BCUT2D eigenvalue weighted by atomic mass is 15.0. The molecule has 596 valence electrons. The summed E-state index contributed by atoms with van der Waals surface area (Å²) in [6.07, 6.45) is 0. The van der Waals surface area contributed by atoms with Gasteiger partial charge >= 0.3 is 0 Å². The molecule has 0 radical (unpaired) electrons. The van der Waals surface area contributed by atoms with Gasteiger partial charge in [0.2, 0.25) is 0 Å². The van der Waals surface area contributed by atoms with Gasteiger partial charge in [-0.15, -0.1) is 0 Å². The number of aryl methyl sites for hydroxylation is 2. The first-order valence-electron chi connectivity index (χ1n) is 44.5. The fourth-order valence-corrected chi connectivity index (χ4v) is 20.9. The van der Waals surface area contributed by atoms with E-state index >= 15 is 0 Å². The van der Waals surface area contributed by atoms with Crippen molar-refractivity contribution in [3.63, 3.8) is 0 Å². The molecule has 2 heteroatoms. The Bertz CT molecular complexity index is 8570. The summed E-state index contributed by atoms with van der Waals surface area (Å²) >= 11 is 0. The van der Waals surface area contributed by atoms with Crippen LogP contribution >= 0.6 is 0 Å². The number of benzene rings is 24. The fraction of sp³-hybridized carbons (Fsp3) is 0.0159. The van der Waals surface area contributed by atoms with E-state index in [0.29, 0.717) is 0 Å². The van der Waals surface area contributed by atoms with Crippen molar-refractivity contribution in [2.24, 2.45) is 0 Å². The number of hydrogen-bond donors (Lipinski definition) is 0. The van der Waals surface area contributed by atoms with Gasteiger partial charge in [-0.05, 0) is 284 Å². The monoisotopic (exact) mass is 1620 g/mol. The molecule has 0 aliphatic carbocycles. The number of fused-ring (bicyclic) bond motifs is 8. The van der Waals surface area contributed by atoms with Gasteiger partial charge in [0.1, 0.15) is 0 Å². The average molecular weight is 1620 g/mol. The predicted molar refractivity (Wildman–Crippen MR) is 548 cm³/mol. The third-order valence-corrected chi connectivity index (χ3v) is 27.3. The molecule has 2 aromatic heterocycles. The Hall–Kier alpha value is -16.5. The summed E-state index contributed by atoms with van der Waals surface area (Å²) in [5.41, 5.74) is 34.2. The first-order chi connectivity index (χ1) is 63.2. The van der Waals surface area contributed by atoms with E-state index in [1.165, 1.54) is 252 Å². The number of hydrogen-bond acceptors (Lipinski definition) is 0. The van der Waals surface area contributed by atoms with Crippen molar-refractivity contribution in [2.75, 3.05) is 0 Å². The molecule has 0 spiro atoms. The summed E-state index contributed by atoms with van der Waals surface area (Å²) in [5, 5.41) is 25.6. The van der Waals surface area contributed by atoms with Crippen LogP contribution in [0, 0.1) is 13.8 Å². The Morgan fingerprint density at radius 2 is 0.367 bits per heavy atom. The molecule has 26 rings (SSSR count). The summed E-state index contributed by atoms with van der Waals surface area (Å²) in [5.74, 6) is 0. The highest BCUT2D eigenvalue weighted by molar-refractivity contribution is 6.29. The lowest BCUT2D eigenvalue weighted by Crippen LogP contribution is -1.94. The molecule has 0 saturated carbocycles. The second kappa shape index (κ2) is 30.2. The molecule has 0 saturated heterocycles. The molecule has 0 bridgehead atoms. The second-order valence-corrected chi connectivity index (χ2v) is 34.7. The molecule has 24 aromatic carbocycles. The maximum Gasteiger partial charge on any atom is 0.0541 e. The maximum absolute atomic E-state index is 2.45. The zero-order valence-corrected chi connectivity index (χ0v) is 70.8.